The number of hydrogen-bond acceptors (Lipinski definition) is 2. The van der Waals surface area contributed by atoms with Crippen LogP contribution in [0.15, 0.2) is 48.7 Å². The van der Waals surface area contributed by atoms with Gasteiger partial charge in [0, 0.05) is 32.1 Å². The maximum Gasteiger partial charge on any atom is 0.267 e. The first kappa shape index (κ1) is 14.4. The smallest absolute Gasteiger partial charge is 0.267 e. The van der Waals surface area contributed by atoms with Gasteiger partial charge in [-0.15, -0.1) is 0 Å². The van der Waals surface area contributed by atoms with Gasteiger partial charge in [0.2, 0.25) is 5.91 Å². The Morgan fingerprint density at radius 3 is 2.73 bits per heavy atom. The lowest BCUT2D eigenvalue weighted by atomic mass is 9.93. The lowest BCUT2D eigenvalue weighted by Crippen LogP contribution is -2.32. The summed E-state index contributed by atoms with van der Waals surface area (Å²) in [6.07, 6.45) is 2.18. The molecule has 114 valence electrons. The first-order valence-electron chi connectivity index (χ1n) is 7.39. The molecule has 2 atom stereocenters. The predicted molar refractivity (Wildman–Crippen MR) is 83.2 cm³/mol. The molecule has 5 nitrogen and oxygen atoms in total. The molecule has 0 radical (unpaired) electrons. The van der Waals surface area contributed by atoms with Gasteiger partial charge in [0.15, 0.2) is 0 Å². The standard InChI is InChI=1S/C17H19N3O2/c1-20-15(21)10-13(16(20)12-6-3-2-4-7-12)11-19-17(22)14-8-5-9-18-14/h2-9,13,16,18H,10-11H2,1H3,(H,19,22)/t13-,16+/m1/s1. The third-order valence-electron chi connectivity index (χ3n) is 4.20. The summed E-state index contributed by atoms with van der Waals surface area (Å²) >= 11 is 0. The van der Waals surface area contributed by atoms with E-state index in [4.69, 9.17) is 0 Å². The predicted octanol–water partition coefficient (Wildman–Crippen LogP) is 1.96. The minimum absolute atomic E-state index is 0.0117. The molecule has 1 aliphatic rings. The molecule has 1 aromatic heterocycles. The van der Waals surface area contributed by atoms with Crippen LogP contribution in [0, 0.1) is 5.92 Å². The first-order valence-corrected chi connectivity index (χ1v) is 7.39. The minimum atomic E-state index is -0.140. The second-order valence-corrected chi connectivity index (χ2v) is 5.62. The zero-order valence-electron chi connectivity index (χ0n) is 12.5. The van der Waals surface area contributed by atoms with Crippen molar-refractivity contribution in [3.63, 3.8) is 0 Å². The van der Waals surface area contributed by atoms with Gasteiger partial charge in [-0.25, -0.2) is 0 Å². The molecule has 3 rings (SSSR count). The SMILES string of the molecule is CN1C(=O)C[C@H](CNC(=O)c2ccc[nH]2)[C@@H]1c1ccccc1. The van der Waals surface area contributed by atoms with Crippen LogP contribution in [0.4, 0.5) is 0 Å². The number of hydrogen-bond donors (Lipinski definition) is 2. The van der Waals surface area contributed by atoms with Crippen molar-refractivity contribution in [2.45, 2.75) is 12.5 Å². The van der Waals surface area contributed by atoms with Crippen LogP contribution < -0.4 is 5.32 Å². The molecule has 1 saturated heterocycles. The minimum Gasteiger partial charge on any atom is -0.357 e. The van der Waals surface area contributed by atoms with Crippen LogP contribution in [-0.4, -0.2) is 35.3 Å². The highest BCUT2D eigenvalue weighted by atomic mass is 16.2. The first-order chi connectivity index (χ1) is 10.7. The summed E-state index contributed by atoms with van der Waals surface area (Å²) in [5.41, 5.74) is 1.64. The number of likely N-dealkylation sites (tertiary alicyclic amines) is 1. The van der Waals surface area contributed by atoms with Crippen LogP contribution in [0.1, 0.15) is 28.5 Å². The van der Waals surface area contributed by atoms with Gasteiger partial charge in [-0.05, 0) is 17.7 Å². The van der Waals surface area contributed by atoms with E-state index in [1.807, 2.05) is 37.4 Å². The number of carbonyl (C=O) groups is 2. The van der Waals surface area contributed by atoms with Gasteiger partial charge in [-0.2, -0.15) is 0 Å². The zero-order valence-corrected chi connectivity index (χ0v) is 12.5. The number of H-pyrrole nitrogens is 1. The highest BCUT2D eigenvalue weighted by Gasteiger charge is 2.38. The molecule has 2 N–H and O–H groups in total. The molecule has 22 heavy (non-hydrogen) atoms. The van der Waals surface area contributed by atoms with Gasteiger partial charge < -0.3 is 15.2 Å². The van der Waals surface area contributed by atoms with Crippen molar-refractivity contribution in [1.29, 1.82) is 0 Å². The molecule has 2 heterocycles. The van der Waals surface area contributed by atoms with Gasteiger partial charge >= 0.3 is 0 Å². The second-order valence-electron chi connectivity index (χ2n) is 5.62. The number of rotatable bonds is 4. The van der Waals surface area contributed by atoms with Gasteiger partial charge in [-0.1, -0.05) is 30.3 Å². The van der Waals surface area contributed by atoms with E-state index in [-0.39, 0.29) is 23.8 Å². The molecular weight excluding hydrogens is 278 g/mol. The Morgan fingerprint density at radius 2 is 2.05 bits per heavy atom. The zero-order chi connectivity index (χ0) is 15.5. The van der Waals surface area contributed by atoms with Gasteiger partial charge in [0.1, 0.15) is 5.69 Å². The quantitative estimate of drug-likeness (QED) is 0.906. The van der Waals surface area contributed by atoms with E-state index in [1.165, 1.54) is 0 Å². The normalized spacial score (nSPS) is 21.1. The molecule has 2 amide bonds. The van der Waals surface area contributed by atoms with E-state index < -0.39 is 0 Å². The van der Waals surface area contributed by atoms with Crippen LogP contribution in [0.2, 0.25) is 0 Å². The summed E-state index contributed by atoms with van der Waals surface area (Å²) in [5, 5.41) is 2.92. The Kier molecular flexibility index (Phi) is 3.96. The fraction of sp³-hybridized carbons (Fsp3) is 0.294. The van der Waals surface area contributed by atoms with Crippen molar-refractivity contribution in [3.05, 3.63) is 59.9 Å². The van der Waals surface area contributed by atoms with Gasteiger partial charge in [0.05, 0.1) is 6.04 Å². The molecule has 0 unspecified atom stereocenters. The number of nitrogens with zero attached hydrogens (tertiary/aromatic N) is 1. The molecular formula is C17H19N3O2. The molecule has 1 aliphatic heterocycles. The van der Waals surface area contributed by atoms with Gasteiger partial charge in [0.25, 0.3) is 5.91 Å². The number of nitrogens with one attached hydrogen (secondary N) is 2. The van der Waals surface area contributed by atoms with Crippen LogP contribution in [0.3, 0.4) is 0 Å². The summed E-state index contributed by atoms with van der Waals surface area (Å²) in [4.78, 5) is 28.7. The van der Waals surface area contributed by atoms with E-state index in [9.17, 15) is 9.59 Å². The molecule has 1 aromatic carbocycles. The molecule has 0 bridgehead atoms. The number of aromatic nitrogens is 1. The topological polar surface area (TPSA) is 65.2 Å². The van der Waals surface area contributed by atoms with Crippen molar-refractivity contribution < 1.29 is 9.59 Å². The Morgan fingerprint density at radius 1 is 1.27 bits per heavy atom. The monoisotopic (exact) mass is 297 g/mol. The maximum absolute atomic E-state index is 12.0. The lowest BCUT2D eigenvalue weighted by molar-refractivity contribution is -0.127. The summed E-state index contributed by atoms with van der Waals surface area (Å²) in [6.45, 7) is 0.480. The summed E-state index contributed by atoms with van der Waals surface area (Å²) < 4.78 is 0. The summed E-state index contributed by atoms with van der Waals surface area (Å²) in [5.74, 6) is 0.0607. The average molecular weight is 297 g/mol. The Bertz CT molecular complexity index is 652. The Balaban J connectivity index is 1.71. The third-order valence-corrected chi connectivity index (χ3v) is 4.20. The number of benzene rings is 1. The molecule has 1 fully saturated rings. The average Bonchev–Trinajstić information content (AvgIpc) is 3.15. The lowest BCUT2D eigenvalue weighted by Gasteiger charge is -2.25. The van der Waals surface area contributed by atoms with Crippen molar-refractivity contribution in [2.24, 2.45) is 5.92 Å². The fourth-order valence-electron chi connectivity index (χ4n) is 3.07. The van der Waals surface area contributed by atoms with E-state index in [2.05, 4.69) is 10.3 Å². The fourth-order valence-corrected chi connectivity index (χ4v) is 3.07. The Hall–Kier alpha value is -2.56. The van der Waals surface area contributed by atoms with Crippen molar-refractivity contribution in [3.8, 4) is 0 Å². The highest BCUT2D eigenvalue weighted by Crippen LogP contribution is 2.36. The van der Waals surface area contributed by atoms with Gasteiger partial charge in [-0.3, -0.25) is 9.59 Å². The highest BCUT2D eigenvalue weighted by molar-refractivity contribution is 5.92. The third kappa shape index (κ3) is 2.74. The van der Waals surface area contributed by atoms with Crippen LogP contribution in [-0.2, 0) is 4.79 Å². The number of carbonyl (C=O) groups excluding carboxylic acids is 2. The summed E-state index contributed by atoms with van der Waals surface area (Å²) in [7, 11) is 1.83. The molecule has 0 saturated carbocycles. The molecule has 5 heteroatoms. The van der Waals surface area contributed by atoms with Crippen LogP contribution in [0.25, 0.3) is 0 Å². The van der Waals surface area contributed by atoms with Crippen LogP contribution in [0.5, 0.6) is 0 Å². The molecule has 2 aromatic rings. The van der Waals surface area contributed by atoms with Crippen molar-refractivity contribution >= 4 is 11.8 Å². The second kappa shape index (κ2) is 6.05. The van der Waals surface area contributed by atoms with E-state index in [0.29, 0.717) is 18.7 Å². The number of amides is 2. The van der Waals surface area contributed by atoms with Crippen LogP contribution >= 0.6 is 0 Å². The summed E-state index contributed by atoms with van der Waals surface area (Å²) in [6, 6.07) is 13.5. The van der Waals surface area contributed by atoms with E-state index in [0.717, 1.165) is 5.56 Å². The van der Waals surface area contributed by atoms with Crippen molar-refractivity contribution in [1.82, 2.24) is 15.2 Å². The van der Waals surface area contributed by atoms with Crippen molar-refractivity contribution in [2.75, 3.05) is 13.6 Å². The number of aromatic amines is 1. The van der Waals surface area contributed by atoms with E-state index >= 15 is 0 Å². The largest absolute Gasteiger partial charge is 0.357 e. The molecule has 0 spiro atoms. The Labute approximate surface area is 129 Å². The maximum atomic E-state index is 12.0. The van der Waals surface area contributed by atoms with E-state index in [1.54, 1.807) is 23.2 Å². The molecule has 0 aliphatic carbocycles.